The van der Waals surface area contributed by atoms with E-state index in [-0.39, 0.29) is 22.7 Å². The Bertz CT molecular complexity index is 1160. The summed E-state index contributed by atoms with van der Waals surface area (Å²) in [4.78, 5) is 15.5. The van der Waals surface area contributed by atoms with Gasteiger partial charge >= 0.3 is 5.91 Å². The smallest absolute Gasteiger partial charge is 0.315 e. The van der Waals surface area contributed by atoms with Crippen molar-refractivity contribution in [2.45, 2.75) is 43.9 Å². The largest absolute Gasteiger partial charge is 0.493 e. The van der Waals surface area contributed by atoms with Crippen molar-refractivity contribution < 1.29 is 9.90 Å². The summed E-state index contributed by atoms with van der Waals surface area (Å²) in [5, 5.41) is 26.1. The maximum atomic E-state index is 12.7. The van der Waals surface area contributed by atoms with Crippen LogP contribution < -0.4 is 0 Å². The predicted octanol–water partition coefficient (Wildman–Crippen LogP) is 5.75. The zero-order valence-electron chi connectivity index (χ0n) is 16.4. The lowest BCUT2D eigenvalue weighted by atomic mass is 9.49. The number of nitrogens with zero attached hydrogens (tertiary/aromatic N) is 3. The molecule has 3 N–H and O–H groups in total. The topological polar surface area (TPSA) is 106 Å². The summed E-state index contributed by atoms with van der Waals surface area (Å²) in [5.41, 5.74) is 2.49. The molecule has 2 aromatic heterocycles. The number of aromatic hydroxyl groups is 1. The number of nitrogens with one attached hydrogen (secondary N) is 2. The summed E-state index contributed by atoms with van der Waals surface area (Å²) in [6.07, 6.45) is 7.73. The average molecular weight is 468 g/mol. The Hall–Kier alpha value is -2.48. The van der Waals surface area contributed by atoms with E-state index in [1.807, 2.05) is 24.3 Å². The zero-order chi connectivity index (χ0) is 20.5. The van der Waals surface area contributed by atoms with Crippen molar-refractivity contribution in [2.75, 3.05) is 0 Å². The van der Waals surface area contributed by atoms with Gasteiger partial charge in [-0.3, -0.25) is 9.89 Å². The van der Waals surface area contributed by atoms with E-state index in [1.165, 1.54) is 38.5 Å². The second-order valence-corrected chi connectivity index (χ2v) is 10.3. The number of halogens is 1. The molecule has 4 aliphatic carbocycles. The van der Waals surface area contributed by atoms with Gasteiger partial charge in [-0.2, -0.15) is 5.10 Å². The quantitative estimate of drug-likeness (QED) is 0.426. The van der Waals surface area contributed by atoms with E-state index in [4.69, 9.17) is 0 Å². The van der Waals surface area contributed by atoms with Crippen LogP contribution in [0, 0.1) is 17.8 Å². The molecule has 4 fully saturated rings. The minimum absolute atomic E-state index is 0.115. The van der Waals surface area contributed by atoms with Gasteiger partial charge in [-0.1, -0.05) is 15.9 Å². The number of amides is 1. The summed E-state index contributed by atoms with van der Waals surface area (Å²) in [6, 6.07) is 7.38. The summed E-state index contributed by atoms with van der Waals surface area (Å²) in [7, 11) is 0. The van der Waals surface area contributed by atoms with Crippen LogP contribution in [0.2, 0.25) is 0 Å². The van der Waals surface area contributed by atoms with Crippen LogP contribution in [0.4, 0.5) is 5.69 Å². The van der Waals surface area contributed by atoms with Gasteiger partial charge < -0.3 is 10.1 Å². The Morgan fingerprint density at radius 3 is 2.53 bits per heavy atom. The van der Waals surface area contributed by atoms with Crippen LogP contribution in [0.25, 0.3) is 10.9 Å². The summed E-state index contributed by atoms with van der Waals surface area (Å²) in [5.74, 6) is 1.84. The van der Waals surface area contributed by atoms with Crippen LogP contribution in [0.5, 0.6) is 5.88 Å². The van der Waals surface area contributed by atoms with Crippen molar-refractivity contribution in [1.82, 2.24) is 15.2 Å². The second-order valence-electron chi connectivity index (χ2n) is 9.38. The van der Waals surface area contributed by atoms with Crippen LogP contribution in [0.15, 0.2) is 39.0 Å². The first-order chi connectivity index (χ1) is 14.5. The highest BCUT2D eigenvalue weighted by atomic mass is 79.9. The van der Waals surface area contributed by atoms with E-state index in [1.54, 1.807) is 0 Å². The lowest BCUT2D eigenvalue weighted by Gasteiger charge is -2.56. The fraction of sp³-hybridized carbons (Fsp3) is 0.455. The number of hydrogen-bond acceptors (Lipinski definition) is 4. The van der Waals surface area contributed by atoms with Gasteiger partial charge in [0.25, 0.3) is 0 Å². The lowest BCUT2D eigenvalue weighted by molar-refractivity contribution is -0.00721. The summed E-state index contributed by atoms with van der Waals surface area (Å²) in [6.45, 7) is 0. The SMILES string of the molecule is O=C(N=Nc1c(O)[nH]c2ccc(Br)cc12)c1cc(C23CC4CC(CC(C4)C2)C3)[nH]n1. The number of fused-ring (bicyclic) bond motifs is 1. The number of benzene rings is 1. The van der Waals surface area contributed by atoms with Gasteiger partial charge in [0.15, 0.2) is 11.4 Å². The molecule has 7 nitrogen and oxygen atoms in total. The Morgan fingerprint density at radius 1 is 1.13 bits per heavy atom. The van der Waals surface area contributed by atoms with E-state index in [2.05, 4.69) is 41.3 Å². The Labute approximate surface area is 181 Å². The molecular formula is C22H22BrN5O2. The number of rotatable bonds is 3. The van der Waals surface area contributed by atoms with Gasteiger partial charge in [-0.05, 0) is 80.5 Å². The van der Waals surface area contributed by atoms with Crippen LogP contribution in [0.1, 0.15) is 54.7 Å². The first-order valence-corrected chi connectivity index (χ1v) is 11.3. The predicted molar refractivity (Wildman–Crippen MR) is 115 cm³/mol. The molecule has 0 unspecified atom stereocenters. The molecule has 0 radical (unpaired) electrons. The van der Waals surface area contributed by atoms with Crippen LogP contribution >= 0.6 is 15.9 Å². The molecule has 0 spiro atoms. The molecule has 0 saturated heterocycles. The number of azo groups is 1. The third-order valence-electron chi connectivity index (χ3n) is 7.36. The van der Waals surface area contributed by atoms with Crippen molar-refractivity contribution in [2.24, 2.45) is 28.0 Å². The van der Waals surface area contributed by atoms with Crippen molar-refractivity contribution in [3.63, 3.8) is 0 Å². The van der Waals surface area contributed by atoms with Gasteiger partial charge in [0.05, 0.1) is 5.52 Å². The first-order valence-electron chi connectivity index (χ1n) is 10.5. The molecule has 3 aromatic rings. The average Bonchev–Trinajstić information content (AvgIpc) is 3.30. The van der Waals surface area contributed by atoms with Crippen LogP contribution in [0.3, 0.4) is 0 Å². The number of carbonyl (C=O) groups excluding carboxylic acids is 1. The zero-order valence-corrected chi connectivity index (χ0v) is 17.9. The molecule has 4 saturated carbocycles. The van der Waals surface area contributed by atoms with E-state index in [0.29, 0.717) is 5.39 Å². The Kier molecular flexibility index (Phi) is 3.97. The number of aromatic amines is 2. The number of H-pyrrole nitrogens is 2. The molecule has 4 bridgehead atoms. The molecule has 1 amide bonds. The molecule has 0 atom stereocenters. The van der Waals surface area contributed by atoms with Gasteiger partial charge in [-0.25, -0.2) is 0 Å². The van der Waals surface area contributed by atoms with E-state index in [0.717, 1.165) is 33.4 Å². The van der Waals surface area contributed by atoms with Crippen LogP contribution in [-0.2, 0) is 5.41 Å². The highest BCUT2D eigenvalue weighted by Crippen LogP contribution is 2.60. The first kappa shape index (κ1) is 18.3. The second kappa shape index (κ2) is 6.51. The van der Waals surface area contributed by atoms with E-state index < -0.39 is 5.91 Å². The lowest BCUT2D eigenvalue weighted by Crippen LogP contribution is -2.48. The van der Waals surface area contributed by atoms with Crippen molar-refractivity contribution in [3.8, 4) is 5.88 Å². The summed E-state index contributed by atoms with van der Waals surface area (Å²) < 4.78 is 0.851. The summed E-state index contributed by atoms with van der Waals surface area (Å²) >= 11 is 3.41. The van der Waals surface area contributed by atoms with Gasteiger partial charge in [-0.15, -0.1) is 10.2 Å². The number of hydrogen-bond donors (Lipinski definition) is 3. The van der Waals surface area contributed by atoms with Crippen LogP contribution in [-0.4, -0.2) is 26.2 Å². The molecular weight excluding hydrogens is 446 g/mol. The Morgan fingerprint density at radius 2 is 1.83 bits per heavy atom. The molecule has 7 rings (SSSR count). The highest BCUT2D eigenvalue weighted by molar-refractivity contribution is 9.10. The number of aromatic nitrogens is 3. The van der Waals surface area contributed by atoms with Crippen molar-refractivity contribution in [3.05, 3.63) is 40.1 Å². The van der Waals surface area contributed by atoms with E-state index >= 15 is 0 Å². The Balaban J connectivity index is 1.27. The fourth-order valence-electron chi connectivity index (χ4n) is 6.53. The molecule has 2 heterocycles. The normalized spacial score (nSPS) is 30.0. The molecule has 30 heavy (non-hydrogen) atoms. The third kappa shape index (κ3) is 2.84. The highest BCUT2D eigenvalue weighted by Gasteiger charge is 2.52. The maximum Gasteiger partial charge on any atom is 0.315 e. The van der Waals surface area contributed by atoms with Gasteiger partial charge in [0.1, 0.15) is 0 Å². The van der Waals surface area contributed by atoms with E-state index in [9.17, 15) is 9.90 Å². The third-order valence-corrected chi connectivity index (χ3v) is 7.85. The minimum Gasteiger partial charge on any atom is -0.493 e. The monoisotopic (exact) mass is 467 g/mol. The van der Waals surface area contributed by atoms with Crippen molar-refractivity contribution in [1.29, 1.82) is 0 Å². The van der Waals surface area contributed by atoms with Crippen molar-refractivity contribution >= 4 is 38.4 Å². The van der Waals surface area contributed by atoms with Gasteiger partial charge in [0.2, 0.25) is 5.88 Å². The maximum absolute atomic E-state index is 12.7. The minimum atomic E-state index is -0.508. The molecule has 154 valence electrons. The molecule has 0 aliphatic heterocycles. The molecule has 1 aromatic carbocycles. The van der Waals surface area contributed by atoms with Gasteiger partial charge in [0, 0.05) is 21.0 Å². The molecule has 4 aliphatic rings. The number of carbonyl (C=O) groups is 1. The fourth-order valence-corrected chi connectivity index (χ4v) is 6.89. The standard InChI is InChI=1S/C22H22BrN5O2/c23-14-1-2-16-15(6-14)19(21(30)24-16)27-28-20(29)17-7-18(26-25-17)22-8-11-3-12(9-22)5-13(4-11)10-22/h1-2,6-7,11-13,24,30H,3-5,8-10H2,(H,25,26). The molecule has 8 heteroatoms.